The van der Waals surface area contributed by atoms with Gasteiger partial charge in [0.15, 0.2) is 0 Å². The van der Waals surface area contributed by atoms with Crippen molar-refractivity contribution in [3.8, 4) is 6.07 Å². The van der Waals surface area contributed by atoms with Gasteiger partial charge < -0.3 is 25.5 Å². The van der Waals surface area contributed by atoms with Crippen LogP contribution in [0.15, 0.2) is 65.2 Å². The molecule has 7 heteroatoms. The van der Waals surface area contributed by atoms with Crippen molar-refractivity contribution in [1.82, 2.24) is 14.8 Å². The molecule has 2 aromatic rings. The Balaban J connectivity index is 1.32. The van der Waals surface area contributed by atoms with E-state index in [4.69, 9.17) is 5.73 Å². The van der Waals surface area contributed by atoms with E-state index in [0.717, 1.165) is 42.6 Å². The van der Waals surface area contributed by atoms with Gasteiger partial charge in [-0.05, 0) is 61.8 Å². The first kappa shape index (κ1) is 21.2. The first-order valence-electron chi connectivity index (χ1n) is 12.0. The van der Waals surface area contributed by atoms with Gasteiger partial charge in [-0.15, -0.1) is 0 Å². The third kappa shape index (κ3) is 3.21. The van der Waals surface area contributed by atoms with Crippen LogP contribution in [0.4, 0.5) is 5.69 Å². The predicted molar refractivity (Wildman–Crippen MR) is 133 cm³/mol. The number of aromatic nitrogens is 1. The van der Waals surface area contributed by atoms with Crippen molar-refractivity contribution in [3.05, 3.63) is 70.7 Å². The average molecular weight is 455 g/mol. The van der Waals surface area contributed by atoms with Crippen molar-refractivity contribution in [2.24, 2.45) is 5.73 Å². The molecule has 1 aromatic heterocycles. The monoisotopic (exact) mass is 454 g/mol. The molecule has 34 heavy (non-hydrogen) atoms. The summed E-state index contributed by atoms with van der Waals surface area (Å²) in [6.45, 7) is 8.08. The average Bonchev–Trinajstić information content (AvgIpc) is 3.34. The molecular formula is C27H30N6O. The van der Waals surface area contributed by atoms with Crippen LogP contribution in [-0.4, -0.2) is 70.3 Å². The minimum atomic E-state index is -0.848. The predicted octanol–water partition coefficient (Wildman–Crippen LogP) is 2.49. The van der Waals surface area contributed by atoms with Crippen LogP contribution in [0.25, 0.3) is 10.9 Å². The lowest BCUT2D eigenvalue weighted by Crippen LogP contribution is -2.49. The zero-order chi connectivity index (χ0) is 23.6. The molecule has 3 atom stereocenters. The number of anilines is 1. The normalized spacial score (nSPS) is 28.6. The number of nitrogens with zero attached hydrogens (tertiary/aromatic N) is 5. The number of benzene rings is 1. The summed E-state index contributed by atoms with van der Waals surface area (Å²) in [7, 11) is 0. The van der Waals surface area contributed by atoms with Crippen molar-refractivity contribution < 1.29 is 5.11 Å². The Morgan fingerprint density at radius 2 is 2.06 bits per heavy atom. The lowest BCUT2D eigenvalue weighted by Gasteiger charge is -2.42. The molecule has 0 radical (unpaired) electrons. The number of fused-ring (bicyclic) bond motifs is 3. The Hall–Kier alpha value is -3.34. The molecule has 3 N–H and O–H groups in total. The first-order chi connectivity index (χ1) is 16.4. The van der Waals surface area contributed by atoms with Crippen molar-refractivity contribution >= 4 is 16.6 Å². The number of piperazine rings is 1. The summed E-state index contributed by atoms with van der Waals surface area (Å²) in [6, 6.07) is 10.4. The van der Waals surface area contributed by atoms with Crippen molar-refractivity contribution in [1.29, 1.82) is 5.26 Å². The maximum atomic E-state index is 10.5. The third-order valence-electron chi connectivity index (χ3n) is 7.92. The van der Waals surface area contributed by atoms with Crippen LogP contribution in [-0.2, 0) is 0 Å². The van der Waals surface area contributed by atoms with Crippen LogP contribution < -0.4 is 10.6 Å². The highest BCUT2D eigenvalue weighted by Crippen LogP contribution is 2.41. The number of β-amino-alcohol motifs (C(OH)–C–C–N with tert-alkyl or cyclic N) is 1. The van der Waals surface area contributed by atoms with Crippen LogP contribution >= 0.6 is 0 Å². The van der Waals surface area contributed by atoms with Gasteiger partial charge in [0, 0.05) is 60.9 Å². The molecular weight excluding hydrogens is 424 g/mol. The Morgan fingerprint density at radius 3 is 2.82 bits per heavy atom. The molecule has 0 saturated carbocycles. The minimum Gasteiger partial charge on any atom is -0.387 e. The number of nitriles is 1. The van der Waals surface area contributed by atoms with Gasteiger partial charge in [-0.2, -0.15) is 5.26 Å². The van der Waals surface area contributed by atoms with E-state index in [1.165, 1.54) is 22.5 Å². The first-order valence-corrected chi connectivity index (χ1v) is 12.0. The molecule has 4 aliphatic rings. The number of pyridine rings is 1. The number of hydrogen-bond acceptors (Lipinski definition) is 7. The largest absolute Gasteiger partial charge is 0.387 e. The van der Waals surface area contributed by atoms with E-state index in [1.54, 1.807) is 6.20 Å². The fourth-order valence-corrected chi connectivity index (χ4v) is 5.96. The minimum absolute atomic E-state index is 0.230. The van der Waals surface area contributed by atoms with E-state index in [1.807, 2.05) is 19.1 Å². The number of aliphatic hydroxyl groups is 1. The van der Waals surface area contributed by atoms with Gasteiger partial charge in [-0.1, -0.05) is 6.08 Å². The Bertz CT molecular complexity index is 1320. The van der Waals surface area contributed by atoms with Gasteiger partial charge in [-0.25, -0.2) is 0 Å². The fraction of sp³-hybridized carbons (Fsp3) is 0.407. The van der Waals surface area contributed by atoms with E-state index in [9.17, 15) is 10.4 Å². The molecule has 4 heterocycles. The van der Waals surface area contributed by atoms with Gasteiger partial charge in [0.2, 0.25) is 0 Å². The zero-order valence-electron chi connectivity index (χ0n) is 19.7. The smallest absolute Gasteiger partial charge is 0.101 e. The van der Waals surface area contributed by atoms with Crippen LogP contribution in [0.5, 0.6) is 0 Å². The summed E-state index contributed by atoms with van der Waals surface area (Å²) in [6.07, 6.45) is 7.24. The molecule has 3 aliphatic heterocycles. The molecule has 2 fully saturated rings. The number of nitrogens with two attached hydrogens (primary N) is 1. The van der Waals surface area contributed by atoms with Crippen molar-refractivity contribution in [3.63, 3.8) is 0 Å². The topological polar surface area (TPSA) is 92.7 Å². The molecule has 1 aliphatic carbocycles. The SMILES string of the molecule is C[C@@H]1CN(c2ccc(C#N)c3ncccc23)CC2=C3CC=C(N4C[C@H](N)[C@@](C)(O)C4)C=C3CN21. The van der Waals surface area contributed by atoms with E-state index >= 15 is 0 Å². The number of rotatable bonds is 2. The van der Waals surface area contributed by atoms with E-state index in [0.29, 0.717) is 24.7 Å². The number of hydrogen-bond donors (Lipinski definition) is 2. The second-order valence-electron chi connectivity index (χ2n) is 10.3. The second kappa shape index (κ2) is 7.59. The Morgan fingerprint density at radius 1 is 1.21 bits per heavy atom. The molecule has 0 bridgehead atoms. The summed E-state index contributed by atoms with van der Waals surface area (Å²) in [5.74, 6) is 0. The quantitative estimate of drug-likeness (QED) is 0.720. The van der Waals surface area contributed by atoms with Gasteiger partial charge in [-0.3, -0.25) is 4.98 Å². The third-order valence-corrected chi connectivity index (χ3v) is 7.92. The van der Waals surface area contributed by atoms with Crippen molar-refractivity contribution in [2.45, 2.75) is 38.0 Å². The molecule has 0 spiro atoms. The Labute approximate surface area is 200 Å². The molecule has 7 nitrogen and oxygen atoms in total. The van der Waals surface area contributed by atoms with E-state index in [2.05, 4.69) is 57.0 Å². The van der Waals surface area contributed by atoms with E-state index < -0.39 is 5.60 Å². The Kier molecular flexibility index (Phi) is 4.73. The summed E-state index contributed by atoms with van der Waals surface area (Å²) in [5, 5.41) is 21.1. The summed E-state index contributed by atoms with van der Waals surface area (Å²) in [5.41, 5.74) is 13.2. The molecule has 1 aromatic carbocycles. The summed E-state index contributed by atoms with van der Waals surface area (Å²) < 4.78 is 0. The maximum Gasteiger partial charge on any atom is 0.101 e. The highest BCUT2D eigenvalue weighted by atomic mass is 16.3. The van der Waals surface area contributed by atoms with Gasteiger partial charge in [0.05, 0.1) is 29.3 Å². The van der Waals surface area contributed by atoms with Crippen LogP contribution in [0.2, 0.25) is 0 Å². The number of allylic oxidation sites excluding steroid dienone is 2. The van der Waals surface area contributed by atoms with Crippen LogP contribution in [0.3, 0.4) is 0 Å². The molecule has 2 saturated heterocycles. The fourth-order valence-electron chi connectivity index (χ4n) is 5.96. The summed E-state index contributed by atoms with van der Waals surface area (Å²) in [4.78, 5) is 11.7. The number of likely N-dealkylation sites (tertiary alicyclic amines) is 1. The molecule has 0 unspecified atom stereocenters. The second-order valence-corrected chi connectivity index (χ2v) is 10.3. The molecule has 0 amide bonds. The standard InChI is InChI=1S/C27H30N6O/c1-17-12-31(23-8-5-18(11-28)26-22(23)4-3-9-30-26)14-24-21-7-6-20(10-19(21)13-33(17)24)32-15-25(29)27(2,34)16-32/h3-6,8-10,17,25,34H,7,12-16,29H2,1-2H3/t17-,25+,27+/m1/s1. The summed E-state index contributed by atoms with van der Waals surface area (Å²) >= 11 is 0. The highest BCUT2D eigenvalue weighted by molar-refractivity contribution is 5.95. The lowest BCUT2D eigenvalue weighted by molar-refractivity contribution is 0.0591. The molecule has 174 valence electrons. The van der Waals surface area contributed by atoms with Gasteiger partial charge >= 0.3 is 0 Å². The van der Waals surface area contributed by atoms with Crippen LogP contribution in [0, 0.1) is 11.3 Å². The molecule has 6 rings (SSSR count). The zero-order valence-corrected chi connectivity index (χ0v) is 19.7. The highest BCUT2D eigenvalue weighted by Gasteiger charge is 2.41. The van der Waals surface area contributed by atoms with Gasteiger partial charge in [0.1, 0.15) is 6.07 Å². The van der Waals surface area contributed by atoms with Crippen molar-refractivity contribution in [2.75, 3.05) is 37.6 Å². The van der Waals surface area contributed by atoms with Gasteiger partial charge in [0.25, 0.3) is 0 Å². The van der Waals surface area contributed by atoms with E-state index in [-0.39, 0.29) is 6.04 Å². The maximum absolute atomic E-state index is 10.5. The lowest BCUT2D eigenvalue weighted by atomic mass is 9.96. The van der Waals surface area contributed by atoms with Crippen LogP contribution in [0.1, 0.15) is 25.8 Å².